The predicted octanol–water partition coefficient (Wildman–Crippen LogP) is 16.0. The number of nitro groups is 2. The van der Waals surface area contributed by atoms with Crippen LogP contribution in [0.3, 0.4) is 0 Å². The molecule has 6 aromatic heterocycles. The number of piperidine rings is 4. The number of rotatable bonds is 17. The van der Waals surface area contributed by atoms with Gasteiger partial charge in [0.15, 0.2) is 18.2 Å². The van der Waals surface area contributed by atoms with Crippen LogP contribution in [0.25, 0.3) is 22.5 Å². The third-order valence-electron chi connectivity index (χ3n) is 23.1. The number of anilines is 4. The fraction of sp³-hybridized carbons (Fsp3) is 0.394. The standard InChI is InChI=1S/C35H36F2N4O4.C22H17ClF2N2O3.C12H17N3O3.C12H19N3O.C7H15NO.C5H3FN2O2.CH3.Pd/c1-20-12-26(42)13-21(2)41(20)25-10-9-24(38-17-25)14-23-15-30(34-28(36)6-5-7-29(34)37)39-31-19-40(35(43)33(23)31)18-22-8-11-27(44-3)16-32(22)45-4;1-29-13-7-6-12(19(8-13)30-2)10-27-11-18-20(22(27)28)14(23)9-17(26-18)21-15(24)4-3-5-16(21)25;1-8-5-11(16)6-9(2)14(8)10-3-4-12(13-7-10)15(17)18;1-8-5-11(16)6-9(2)15(8)10-3-4-12(13)14-7-10;1-5-3-7(9)4-6(2)8-5;6-4-1-2-5(7-3-4)8(9)10;;/h5-11,15-17,20-21,26,42H,12-14,18-19H2,1-4H3;3-9H,10-11H2,1-2H3;3-4,7-9,11,16H,5-6H2,1-2H3;3-4,7-9,11,16H,5-6H2,1-2H3,(H2,13,14);5-9H,3-4H2,1-2H3;1-3H;1H3;/q;;;;;;-1;. The van der Waals surface area contributed by atoms with E-state index in [2.05, 4.69) is 86.5 Å². The van der Waals surface area contributed by atoms with Crippen molar-refractivity contribution in [3.05, 3.63) is 265 Å². The summed E-state index contributed by atoms with van der Waals surface area (Å²) < 4.78 is 91.7. The fourth-order valence-corrected chi connectivity index (χ4v) is 17.8. The number of aliphatic hydroxyl groups excluding tert-OH is 4. The monoisotopic (exact) mass is 1910 g/mol. The van der Waals surface area contributed by atoms with Crippen LogP contribution in [-0.2, 0) is 53.0 Å². The van der Waals surface area contributed by atoms with Crippen LogP contribution in [0.2, 0.25) is 5.02 Å². The first-order chi connectivity index (χ1) is 61.0. The second-order valence-electron chi connectivity index (χ2n) is 32.8. The molecule has 36 heteroatoms. The summed E-state index contributed by atoms with van der Waals surface area (Å²) in [5.74, 6) is -1.58. The average Bonchev–Trinajstić information content (AvgIpc) is 1.63. The third kappa shape index (κ3) is 25.5. The molecule has 4 fully saturated rings. The van der Waals surface area contributed by atoms with Crippen LogP contribution in [0, 0.1) is 56.7 Å². The van der Waals surface area contributed by atoms with Crippen molar-refractivity contribution in [3.8, 4) is 45.5 Å². The van der Waals surface area contributed by atoms with Crippen LogP contribution in [0.15, 0.2) is 158 Å². The molecule has 8 unspecified atom stereocenters. The van der Waals surface area contributed by atoms with Gasteiger partial charge in [0.05, 0.1) is 159 Å². The Hall–Kier alpha value is -11.7. The largest absolute Gasteiger partial charge is 0.497 e. The zero-order chi connectivity index (χ0) is 92.6. The van der Waals surface area contributed by atoms with E-state index in [0.717, 1.165) is 84.3 Å². The van der Waals surface area contributed by atoms with E-state index in [9.17, 15) is 72.2 Å². The summed E-state index contributed by atoms with van der Waals surface area (Å²) in [5.41, 5.74) is 12.5. The van der Waals surface area contributed by atoms with Crippen molar-refractivity contribution in [3.63, 3.8) is 0 Å². The van der Waals surface area contributed by atoms with Crippen molar-refractivity contribution in [2.75, 3.05) is 48.9 Å². The van der Waals surface area contributed by atoms with E-state index in [4.69, 9.17) is 41.3 Å². The average molecular weight is 1910 g/mol. The number of nitrogens with two attached hydrogens (primary N) is 1. The molecule has 0 saturated carbocycles. The van der Waals surface area contributed by atoms with E-state index < -0.39 is 38.9 Å². The van der Waals surface area contributed by atoms with Crippen molar-refractivity contribution in [2.45, 2.75) is 212 Å². The summed E-state index contributed by atoms with van der Waals surface area (Å²) in [7, 11) is 6.22. The number of fused-ring (bicyclic) bond motifs is 2. The van der Waals surface area contributed by atoms with E-state index in [0.29, 0.717) is 107 Å². The Bertz CT molecular complexity index is 5420. The molecular formula is C94H110ClF5N15O14Pd-. The Morgan fingerprint density at radius 2 is 0.838 bits per heavy atom. The van der Waals surface area contributed by atoms with Gasteiger partial charge >= 0.3 is 11.6 Å². The number of halogens is 6. The molecule has 698 valence electrons. The zero-order valence-corrected chi connectivity index (χ0v) is 76.8. The predicted molar refractivity (Wildman–Crippen MR) is 482 cm³/mol. The molecule has 12 heterocycles. The number of hydrogen-bond acceptors (Lipinski definition) is 25. The van der Waals surface area contributed by atoms with E-state index in [-0.39, 0.29) is 166 Å². The molecule has 6 aliphatic heterocycles. The minimum Gasteiger partial charge on any atom is -0.497 e. The molecule has 10 aromatic rings. The number of ether oxygens (including phenoxy) is 4. The van der Waals surface area contributed by atoms with Gasteiger partial charge in [-0.15, -0.1) is 0 Å². The van der Waals surface area contributed by atoms with Crippen molar-refractivity contribution < 1.29 is 101 Å². The number of benzene rings is 4. The van der Waals surface area contributed by atoms with Gasteiger partial charge in [0.25, 0.3) is 11.8 Å². The molecule has 4 saturated heterocycles. The van der Waals surface area contributed by atoms with Gasteiger partial charge in [0.2, 0.25) is 0 Å². The maximum absolute atomic E-state index is 14.9. The molecule has 0 bridgehead atoms. The minimum atomic E-state index is -0.748. The Kier molecular flexibility index (Phi) is 36.3. The van der Waals surface area contributed by atoms with Gasteiger partial charge in [0, 0.05) is 116 Å². The van der Waals surface area contributed by atoms with Gasteiger partial charge in [0.1, 0.15) is 52.1 Å². The quantitative estimate of drug-likeness (QED) is 0.0162. The summed E-state index contributed by atoms with van der Waals surface area (Å²) in [5, 5.41) is 62.7. The number of carbonyl (C=O) groups is 2. The summed E-state index contributed by atoms with van der Waals surface area (Å²) >= 11 is 6.32. The SMILES string of the molecule is CC1CC(O)CC(C)N1.CC1CC(O)CC(C)N1c1ccc(N)nc1.CC1CC(O)CC(C)N1c1ccc([N+](=O)[O-])nc1.COc1ccc(CN2Cc3nc(-c4c(F)cccc4F)cc(Cc4ccc(N5C(C)CC(O)CC5C)cn4)c3C2=O)c(OC)c1.COc1ccc(CN2Cc3nc(-c4c(F)cccc4F)cc(Cl)c3C2=O)c(OC)c1.O=[N+]([O-])c1ccc(F)cn1.[CH3-].[Pd]. The third-order valence-corrected chi connectivity index (χ3v) is 23.4. The molecule has 0 spiro atoms. The van der Waals surface area contributed by atoms with Gasteiger partial charge in [-0.1, -0.05) is 23.7 Å². The molecule has 16 rings (SSSR count). The van der Waals surface area contributed by atoms with E-state index in [1.807, 2.05) is 56.4 Å². The van der Waals surface area contributed by atoms with Crippen LogP contribution in [-0.4, -0.2) is 183 Å². The minimum absolute atomic E-state index is 0. The molecule has 7 N–H and O–H groups in total. The normalized spacial score (nSPS) is 21.2. The van der Waals surface area contributed by atoms with Crippen molar-refractivity contribution >= 4 is 57.9 Å². The van der Waals surface area contributed by atoms with Crippen LogP contribution in [0.4, 0.5) is 56.5 Å². The van der Waals surface area contributed by atoms with Gasteiger partial charge in [-0.05, 0) is 229 Å². The number of nitrogen functional groups attached to an aromatic ring is 1. The number of carbonyl (C=O) groups excluding carboxylic acids is 2. The number of amides is 2. The second kappa shape index (κ2) is 46.2. The van der Waals surface area contributed by atoms with Crippen molar-refractivity contribution in [1.29, 1.82) is 0 Å². The Morgan fingerprint density at radius 3 is 1.20 bits per heavy atom. The van der Waals surface area contributed by atoms with E-state index in [1.54, 1.807) is 73.7 Å². The molecule has 29 nitrogen and oxygen atoms in total. The number of pyridine rings is 6. The first-order valence-electron chi connectivity index (χ1n) is 42.0. The van der Waals surface area contributed by atoms with Crippen LogP contribution in [0.5, 0.6) is 23.0 Å². The number of nitrogens with zero attached hydrogens (tertiary/aromatic N) is 13. The first kappa shape index (κ1) is 102. The molecule has 0 radical (unpaired) electrons. The van der Waals surface area contributed by atoms with Crippen LogP contribution >= 0.6 is 11.6 Å². The smallest absolute Gasteiger partial charge is 0.363 e. The second-order valence-corrected chi connectivity index (χ2v) is 33.2. The Labute approximate surface area is 771 Å². The summed E-state index contributed by atoms with van der Waals surface area (Å²) in [6, 6.07) is 36.1. The molecule has 4 aromatic carbocycles. The molecule has 130 heavy (non-hydrogen) atoms. The van der Waals surface area contributed by atoms with Gasteiger partial charge in [-0.3, -0.25) is 14.6 Å². The van der Waals surface area contributed by atoms with Gasteiger partial charge in [-0.25, -0.2) is 36.9 Å². The number of nitrogens with one attached hydrogen (secondary N) is 1. The molecular weight excluding hydrogens is 1800 g/mol. The molecule has 2 amide bonds. The number of aromatic nitrogens is 6. The number of aliphatic hydroxyl groups is 4. The van der Waals surface area contributed by atoms with Crippen LogP contribution < -0.4 is 44.7 Å². The number of methoxy groups -OCH3 is 4. The van der Waals surface area contributed by atoms with E-state index in [1.165, 1.54) is 49.7 Å². The van der Waals surface area contributed by atoms with Gasteiger partial charge < -0.3 is 103 Å². The molecule has 6 aliphatic rings. The maximum atomic E-state index is 14.9. The summed E-state index contributed by atoms with van der Waals surface area (Å²) in [6.45, 7) is 17.6. The van der Waals surface area contributed by atoms with Crippen molar-refractivity contribution in [1.82, 2.24) is 45.0 Å². The first-order valence-corrected chi connectivity index (χ1v) is 42.4. The Balaban J connectivity index is 0.000000192. The molecule has 0 aliphatic carbocycles. The summed E-state index contributed by atoms with van der Waals surface area (Å²) in [4.78, 5) is 80.9. The maximum Gasteiger partial charge on any atom is 0.363 e. The van der Waals surface area contributed by atoms with Crippen LogP contribution in [0.1, 0.15) is 161 Å². The Morgan fingerprint density at radius 1 is 0.462 bits per heavy atom. The topological polar surface area (TPSA) is 370 Å². The van der Waals surface area contributed by atoms with Gasteiger partial charge in [-0.2, -0.15) is 0 Å². The zero-order valence-electron chi connectivity index (χ0n) is 74.5. The number of hydrogen-bond donors (Lipinski definition) is 6. The molecule has 8 atom stereocenters. The fourth-order valence-electron chi connectivity index (χ4n) is 17.5. The van der Waals surface area contributed by atoms with Crippen molar-refractivity contribution in [2.24, 2.45) is 0 Å². The van der Waals surface area contributed by atoms with E-state index >= 15 is 0 Å². The summed E-state index contributed by atoms with van der Waals surface area (Å²) in [6.07, 6.45) is 11.6.